The molecule has 0 saturated heterocycles. The monoisotopic (exact) mass is 199 g/mol. The van der Waals surface area contributed by atoms with Crippen molar-refractivity contribution in [2.75, 3.05) is 5.88 Å². The second kappa shape index (κ2) is 4.00. The second-order valence-electron chi connectivity index (χ2n) is 2.36. The average Bonchev–Trinajstić information content (AvgIpc) is 2.17. The largest absolute Gasteiger partial charge is 0.293 e. The number of carbonyl (C=O) groups excluding carboxylic acids is 1. The first-order chi connectivity index (χ1) is 6.15. The molecule has 0 amide bonds. The lowest BCUT2D eigenvalue weighted by atomic mass is 10.1. The highest BCUT2D eigenvalue weighted by Gasteiger charge is 2.07. The van der Waals surface area contributed by atoms with Gasteiger partial charge in [-0.15, -0.1) is 11.6 Å². The first-order valence-electron chi connectivity index (χ1n) is 3.49. The van der Waals surface area contributed by atoms with E-state index < -0.39 is 4.92 Å². The topological polar surface area (TPSA) is 60.2 Å². The molecule has 0 aliphatic carbocycles. The lowest BCUT2D eigenvalue weighted by Gasteiger charge is -1.95. The van der Waals surface area contributed by atoms with Gasteiger partial charge in [0.1, 0.15) is 0 Å². The zero-order chi connectivity index (χ0) is 9.84. The minimum absolute atomic E-state index is 0.0360. The van der Waals surface area contributed by atoms with Gasteiger partial charge < -0.3 is 0 Å². The predicted octanol–water partition coefficient (Wildman–Crippen LogP) is 2.02. The van der Waals surface area contributed by atoms with Crippen molar-refractivity contribution in [2.24, 2.45) is 0 Å². The molecule has 0 bridgehead atoms. The maximum absolute atomic E-state index is 11.0. The standard InChI is InChI=1S/C8H6ClNO3/c9-5-8(11)6-1-3-7(4-2-6)10(12)13/h1-4H,5H2. The smallest absolute Gasteiger partial charge is 0.269 e. The zero-order valence-corrected chi connectivity index (χ0v) is 7.32. The number of Topliss-reactive ketones (excluding diaryl/α,β-unsaturated/α-hetero) is 1. The number of hydrogen-bond acceptors (Lipinski definition) is 3. The first kappa shape index (κ1) is 9.67. The van der Waals surface area contributed by atoms with Crippen LogP contribution in [0.25, 0.3) is 0 Å². The van der Waals surface area contributed by atoms with Crippen molar-refractivity contribution in [2.45, 2.75) is 0 Å². The van der Waals surface area contributed by atoms with Crippen LogP contribution in [0.5, 0.6) is 0 Å². The molecule has 0 aliphatic heterocycles. The summed E-state index contributed by atoms with van der Waals surface area (Å²) in [6.45, 7) is 0. The van der Waals surface area contributed by atoms with Crippen molar-refractivity contribution in [1.82, 2.24) is 0 Å². The van der Waals surface area contributed by atoms with Gasteiger partial charge in [-0.25, -0.2) is 0 Å². The number of nitrogens with zero attached hydrogens (tertiary/aromatic N) is 1. The van der Waals surface area contributed by atoms with Gasteiger partial charge in [0.25, 0.3) is 5.69 Å². The summed E-state index contributed by atoms with van der Waals surface area (Å²) in [6, 6.07) is 5.34. The molecular formula is C8H6ClNO3. The Bertz CT molecular complexity index is 334. The van der Waals surface area contributed by atoms with Crippen molar-refractivity contribution < 1.29 is 9.72 Å². The van der Waals surface area contributed by atoms with Gasteiger partial charge in [0, 0.05) is 17.7 Å². The Morgan fingerprint density at radius 3 is 2.31 bits per heavy atom. The van der Waals surface area contributed by atoms with Crippen LogP contribution in [0, 0.1) is 10.1 Å². The van der Waals surface area contributed by atoms with E-state index >= 15 is 0 Å². The summed E-state index contributed by atoms with van der Waals surface area (Å²) in [4.78, 5) is 20.7. The fourth-order valence-corrected chi connectivity index (χ4v) is 1.00. The molecular weight excluding hydrogens is 194 g/mol. The van der Waals surface area contributed by atoms with E-state index in [1.165, 1.54) is 24.3 Å². The molecule has 0 fully saturated rings. The summed E-state index contributed by atoms with van der Waals surface area (Å²) < 4.78 is 0. The van der Waals surface area contributed by atoms with Crippen LogP contribution in [-0.2, 0) is 0 Å². The van der Waals surface area contributed by atoms with Crippen molar-refractivity contribution in [3.8, 4) is 0 Å². The van der Waals surface area contributed by atoms with E-state index in [2.05, 4.69) is 0 Å². The van der Waals surface area contributed by atoms with Gasteiger partial charge in [0.15, 0.2) is 5.78 Å². The van der Waals surface area contributed by atoms with Crippen LogP contribution in [0.2, 0.25) is 0 Å². The number of nitro benzene ring substituents is 1. The average molecular weight is 200 g/mol. The molecule has 0 aromatic heterocycles. The molecule has 5 heteroatoms. The summed E-state index contributed by atoms with van der Waals surface area (Å²) in [5, 5.41) is 10.2. The van der Waals surface area contributed by atoms with Crippen molar-refractivity contribution in [3.05, 3.63) is 39.9 Å². The SMILES string of the molecule is O=C(CCl)c1ccc([N+](=O)[O-])cc1. The molecule has 0 heterocycles. The van der Waals surface area contributed by atoms with E-state index in [1.54, 1.807) is 0 Å². The van der Waals surface area contributed by atoms with Crippen LogP contribution < -0.4 is 0 Å². The van der Waals surface area contributed by atoms with Crippen LogP contribution in [0.4, 0.5) is 5.69 Å². The molecule has 0 unspecified atom stereocenters. The van der Waals surface area contributed by atoms with Gasteiger partial charge in [-0.2, -0.15) is 0 Å². The molecule has 1 rings (SSSR count). The van der Waals surface area contributed by atoms with E-state index in [0.29, 0.717) is 5.56 Å². The predicted molar refractivity (Wildman–Crippen MR) is 48.1 cm³/mol. The van der Waals surface area contributed by atoms with E-state index in [9.17, 15) is 14.9 Å². The highest BCUT2D eigenvalue weighted by molar-refractivity contribution is 6.30. The normalized spacial score (nSPS) is 9.62. The Balaban J connectivity index is 2.93. The lowest BCUT2D eigenvalue weighted by Crippen LogP contribution is -1.99. The minimum atomic E-state index is -0.519. The maximum atomic E-state index is 11.0. The molecule has 0 aliphatic rings. The van der Waals surface area contributed by atoms with E-state index in [4.69, 9.17) is 11.6 Å². The molecule has 68 valence electrons. The molecule has 0 radical (unpaired) electrons. The fraction of sp³-hybridized carbons (Fsp3) is 0.125. The van der Waals surface area contributed by atoms with Crippen LogP contribution in [0.15, 0.2) is 24.3 Å². The van der Waals surface area contributed by atoms with Gasteiger partial charge >= 0.3 is 0 Å². The molecule has 1 aromatic carbocycles. The third kappa shape index (κ3) is 2.26. The summed E-state index contributed by atoms with van der Waals surface area (Å²) in [5.74, 6) is -0.353. The minimum Gasteiger partial charge on any atom is -0.293 e. The quantitative estimate of drug-likeness (QED) is 0.324. The summed E-state index contributed by atoms with van der Waals surface area (Å²) in [7, 11) is 0. The Morgan fingerprint density at radius 2 is 1.92 bits per heavy atom. The van der Waals surface area contributed by atoms with Crippen molar-refractivity contribution in [3.63, 3.8) is 0 Å². The Labute approximate surface area is 79.3 Å². The third-order valence-electron chi connectivity index (χ3n) is 1.52. The van der Waals surface area contributed by atoms with E-state index in [0.717, 1.165) is 0 Å². The van der Waals surface area contributed by atoms with Crippen molar-refractivity contribution in [1.29, 1.82) is 0 Å². The van der Waals surface area contributed by atoms with Gasteiger partial charge in [-0.1, -0.05) is 0 Å². The number of halogens is 1. The maximum Gasteiger partial charge on any atom is 0.269 e. The molecule has 0 N–H and O–H groups in total. The summed E-state index contributed by atoms with van der Waals surface area (Å²) in [5.41, 5.74) is 0.353. The van der Waals surface area contributed by atoms with Crippen LogP contribution >= 0.6 is 11.6 Å². The number of carbonyl (C=O) groups is 1. The third-order valence-corrected chi connectivity index (χ3v) is 1.76. The van der Waals surface area contributed by atoms with Gasteiger partial charge in [-0.3, -0.25) is 14.9 Å². The first-order valence-corrected chi connectivity index (χ1v) is 4.02. The Kier molecular flexibility index (Phi) is 2.97. The molecule has 0 saturated carbocycles. The molecule has 0 atom stereocenters. The number of rotatable bonds is 3. The van der Waals surface area contributed by atoms with E-state index in [-0.39, 0.29) is 17.4 Å². The number of non-ortho nitro benzene ring substituents is 1. The van der Waals surface area contributed by atoms with Crippen LogP contribution in [-0.4, -0.2) is 16.6 Å². The van der Waals surface area contributed by atoms with Crippen LogP contribution in [0.1, 0.15) is 10.4 Å². The van der Waals surface area contributed by atoms with Gasteiger partial charge in [-0.05, 0) is 12.1 Å². The number of benzene rings is 1. The zero-order valence-electron chi connectivity index (χ0n) is 6.57. The number of hydrogen-bond donors (Lipinski definition) is 0. The number of alkyl halides is 1. The lowest BCUT2D eigenvalue weighted by molar-refractivity contribution is -0.384. The number of nitro groups is 1. The Morgan fingerprint density at radius 1 is 1.38 bits per heavy atom. The van der Waals surface area contributed by atoms with Gasteiger partial charge in [0.05, 0.1) is 10.8 Å². The van der Waals surface area contributed by atoms with Crippen molar-refractivity contribution >= 4 is 23.1 Å². The second-order valence-corrected chi connectivity index (χ2v) is 2.63. The Hall–Kier alpha value is -1.42. The summed E-state index contributed by atoms with van der Waals surface area (Å²) in [6.07, 6.45) is 0. The highest BCUT2D eigenvalue weighted by Crippen LogP contribution is 2.12. The number of ketones is 1. The van der Waals surface area contributed by atoms with Gasteiger partial charge in [0.2, 0.25) is 0 Å². The summed E-state index contributed by atoms with van der Waals surface area (Å²) >= 11 is 5.31. The highest BCUT2D eigenvalue weighted by atomic mass is 35.5. The van der Waals surface area contributed by atoms with Crippen LogP contribution in [0.3, 0.4) is 0 Å². The molecule has 0 spiro atoms. The van der Waals surface area contributed by atoms with E-state index in [1.807, 2.05) is 0 Å². The fourth-order valence-electron chi connectivity index (χ4n) is 0.846. The molecule has 13 heavy (non-hydrogen) atoms. The molecule has 4 nitrogen and oxygen atoms in total. The molecule has 1 aromatic rings.